The summed E-state index contributed by atoms with van der Waals surface area (Å²) in [6, 6.07) is 6.62. The largest absolute Gasteiger partial charge is 0.326 e. The van der Waals surface area contributed by atoms with Crippen LogP contribution in [0, 0.1) is 17.3 Å². The standard InChI is InChI=1S/C21H27ClN2O3S/c22-21-12-15-9-16(13-21)11-20(10-15,14-21)19(25)23-17-3-5-18(6-4-17)28(26,27)24-7-1-2-8-24/h3-6,15-16H,1-2,7-14H2,(H,23,25)/t15-,16+,20?,21?. The smallest absolute Gasteiger partial charge is 0.243 e. The number of alkyl halides is 1. The Labute approximate surface area is 171 Å². The molecule has 1 amide bonds. The van der Waals surface area contributed by atoms with Gasteiger partial charge in [-0.1, -0.05) is 0 Å². The lowest BCUT2D eigenvalue weighted by Gasteiger charge is -2.59. The van der Waals surface area contributed by atoms with Gasteiger partial charge in [0.1, 0.15) is 0 Å². The summed E-state index contributed by atoms with van der Waals surface area (Å²) in [7, 11) is -3.43. The van der Waals surface area contributed by atoms with Gasteiger partial charge in [-0.2, -0.15) is 4.31 Å². The second-order valence-electron chi connectivity index (χ2n) is 9.48. The first-order valence-corrected chi connectivity index (χ1v) is 12.2. The van der Waals surface area contributed by atoms with Crippen molar-refractivity contribution in [1.29, 1.82) is 0 Å². The molecule has 28 heavy (non-hydrogen) atoms. The molecule has 5 fully saturated rings. The minimum Gasteiger partial charge on any atom is -0.326 e. The highest BCUT2D eigenvalue weighted by atomic mass is 35.5. The van der Waals surface area contributed by atoms with Crippen LogP contribution in [0.2, 0.25) is 0 Å². The first-order valence-electron chi connectivity index (χ1n) is 10.4. The molecule has 152 valence electrons. The van der Waals surface area contributed by atoms with Crippen molar-refractivity contribution < 1.29 is 13.2 Å². The fourth-order valence-corrected chi connectivity index (χ4v) is 8.68. The van der Waals surface area contributed by atoms with Crippen LogP contribution in [0.5, 0.6) is 0 Å². The Balaban J connectivity index is 1.32. The summed E-state index contributed by atoms with van der Waals surface area (Å²) in [4.78, 5) is 13.3. The van der Waals surface area contributed by atoms with Crippen molar-refractivity contribution in [2.75, 3.05) is 18.4 Å². The van der Waals surface area contributed by atoms with Gasteiger partial charge in [0.2, 0.25) is 15.9 Å². The van der Waals surface area contributed by atoms with E-state index in [4.69, 9.17) is 11.6 Å². The number of nitrogens with zero attached hydrogens (tertiary/aromatic N) is 1. The van der Waals surface area contributed by atoms with Crippen LogP contribution in [0.4, 0.5) is 5.69 Å². The van der Waals surface area contributed by atoms with Gasteiger partial charge in [0.15, 0.2) is 0 Å². The molecule has 0 spiro atoms. The van der Waals surface area contributed by atoms with Crippen LogP contribution in [0.1, 0.15) is 51.4 Å². The Morgan fingerprint density at radius 2 is 1.64 bits per heavy atom. The SMILES string of the molecule is O=C(Nc1ccc(S(=O)(=O)N2CCCC2)cc1)C12C[C@@H]3C[C@@H](CC(Cl)(C3)C1)C2. The van der Waals surface area contributed by atoms with Crippen LogP contribution in [0.25, 0.3) is 0 Å². The summed E-state index contributed by atoms with van der Waals surface area (Å²) in [5, 5.41) is 3.06. The summed E-state index contributed by atoms with van der Waals surface area (Å²) in [6.07, 6.45) is 7.77. The second kappa shape index (κ2) is 6.44. The number of amides is 1. The molecule has 1 heterocycles. The molecule has 6 rings (SSSR count). The Hall–Kier alpha value is -1.11. The van der Waals surface area contributed by atoms with E-state index >= 15 is 0 Å². The molecule has 4 saturated carbocycles. The number of benzene rings is 1. The lowest BCUT2D eigenvalue weighted by molar-refractivity contribution is -0.138. The second-order valence-corrected chi connectivity index (χ2v) is 12.2. The van der Waals surface area contributed by atoms with Gasteiger partial charge in [0.05, 0.1) is 10.3 Å². The maximum Gasteiger partial charge on any atom is 0.243 e. The van der Waals surface area contributed by atoms with Crippen LogP contribution < -0.4 is 5.32 Å². The number of halogens is 1. The van der Waals surface area contributed by atoms with Crippen molar-refractivity contribution in [2.45, 2.75) is 61.1 Å². The molecule has 1 N–H and O–H groups in total. The molecule has 7 heteroatoms. The summed E-state index contributed by atoms with van der Waals surface area (Å²) in [5.41, 5.74) is 0.302. The van der Waals surface area contributed by atoms with E-state index in [-0.39, 0.29) is 16.2 Å². The fourth-order valence-electron chi connectivity index (χ4n) is 6.47. The van der Waals surface area contributed by atoms with Crippen molar-refractivity contribution in [3.05, 3.63) is 24.3 Å². The van der Waals surface area contributed by atoms with Gasteiger partial charge < -0.3 is 5.32 Å². The zero-order chi connectivity index (χ0) is 19.6. The van der Waals surface area contributed by atoms with Gasteiger partial charge in [-0.15, -0.1) is 11.6 Å². The first kappa shape index (κ1) is 18.9. The van der Waals surface area contributed by atoms with Gasteiger partial charge >= 0.3 is 0 Å². The molecule has 1 aromatic carbocycles. The molecule has 1 saturated heterocycles. The summed E-state index contributed by atoms with van der Waals surface area (Å²) >= 11 is 6.85. The maximum absolute atomic E-state index is 13.2. The Morgan fingerprint density at radius 1 is 1.04 bits per heavy atom. The van der Waals surface area contributed by atoms with Gasteiger partial charge in [-0.3, -0.25) is 4.79 Å². The molecule has 4 aliphatic carbocycles. The Kier molecular flexibility index (Phi) is 4.35. The monoisotopic (exact) mass is 422 g/mol. The van der Waals surface area contributed by atoms with E-state index in [1.807, 2.05) is 0 Å². The number of carbonyl (C=O) groups excluding carboxylic acids is 1. The molecule has 1 aromatic rings. The highest BCUT2D eigenvalue weighted by Crippen LogP contribution is 2.64. The maximum atomic E-state index is 13.2. The zero-order valence-corrected chi connectivity index (χ0v) is 17.6. The molecule has 0 radical (unpaired) electrons. The predicted octanol–water partition coefficient (Wildman–Crippen LogP) is 3.99. The van der Waals surface area contributed by atoms with E-state index in [0.717, 1.165) is 44.9 Å². The van der Waals surface area contributed by atoms with Gasteiger partial charge in [0, 0.05) is 23.7 Å². The molecule has 4 bridgehead atoms. The third kappa shape index (κ3) is 3.08. The summed E-state index contributed by atoms with van der Waals surface area (Å²) in [5.74, 6) is 1.19. The zero-order valence-electron chi connectivity index (χ0n) is 16.0. The molecule has 5 nitrogen and oxygen atoms in total. The minimum atomic E-state index is -3.43. The topological polar surface area (TPSA) is 66.5 Å². The average molecular weight is 423 g/mol. The molecule has 1 aliphatic heterocycles. The Bertz CT molecular complexity index is 879. The van der Waals surface area contributed by atoms with Crippen molar-refractivity contribution >= 4 is 33.2 Å². The van der Waals surface area contributed by atoms with Crippen molar-refractivity contribution in [1.82, 2.24) is 4.31 Å². The summed E-state index contributed by atoms with van der Waals surface area (Å²) in [6.45, 7) is 1.18. The molecule has 4 atom stereocenters. The molecular weight excluding hydrogens is 396 g/mol. The normalized spacial score (nSPS) is 37.3. The number of rotatable bonds is 4. The van der Waals surface area contributed by atoms with Crippen molar-refractivity contribution in [2.24, 2.45) is 17.3 Å². The quantitative estimate of drug-likeness (QED) is 0.746. The minimum absolute atomic E-state index is 0.0572. The number of anilines is 1. The van der Waals surface area contributed by atoms with Crippen molar-refractivity contribution in [3.8, 4) is 0 Å². The third-order valence-corrected chi connectivity index (χ3v) is 9.64. The van der Waals surface area contributed by atoms with Crippen molar-refractivity contribution in [3.63, 3.8) is 0 Å². The van der Waals surface area contributed by atoms with Crippen LogP contribution >= 0.6 is 11.6 Å². The van der Waals surface area contributed by atoms with E-state index in [1.54, 1.807) is 24.3 Å². The van der Waals surface area contributed by atoms with E-state index in [9.17, 15) is 13.2 Å². The molecular formula is C21H27ClN2O3S. The van der Waals surface area contributed by atoms with E-state index in [0.29, 0.717) is 35.5 Å². The van der Waals surface area contributed by atoms with Gasteiger partial charge in [-0.25, -0.2) is 8.42 Å². The van der Waals surface area contributed by atoms with Gasteiger partial charge in [-0.05, 0) is 87.5 Å². The number of hydrogen-bond donors (Lipinski definition) is 1. The number of sulfonamides is 1. The first-order chi connectivity index (χ1) is 13.3. The van der Waals surface area contributed by atoms with Crippen LogP contribution in [-0.2, 0) is 14.8 Å². The number of hydrogen-bond acceptors (Lipinski definition) is 3. The predicted molar refractivity (Wildman–Crippen MR) is 109 cm³/mol. The van der Waals surface area contributed by atoms with Gasteiger partial charge in [0.25, 0.3) is 0 Å². The lowest BCUT2D eigenvalue weighted by atomic mass is 9.49. The summed E-state index contributed by atoms with van der Waals surface area (Å²) < 4.78 is 26.9. The van der Waals surface area contributed by atoms with E-state index in [2.05, 4.69) is 5.32 Å². The average Bonchev–Trinajstić information content (AvgIpc) is 3.15. The Morgan fingerprint density at radius 3 is 2.21 bits per heavy atom. The van der Waals surface area contributed by atoms with Crippen LogP contribution in [-0.4, -0.2) is 36.6 Å². The van der Waals surface area contributed by atoms with E-state index in [1.165, 1.54) is 10.7 Å². The van der Waals surface area contributed by atoms with E-state index < -0.39 is 10.0 Å². The van der Waals surface area contributed by atoms with Crippen LogP contribution in [0.15, 0.2) is 29.2 Å². The lowest BCUT2D eigenvalue weighted by Crippen LogP contribution is -2.57. The highest BCUT2D eigenvalue weighted by molar-refractivity contribution is 7.89. The highest BCUT2D eigenvalue weighted by Gasteiger charge is 2.60. The van der Waals surface area contributed by atoms with Crippen LogP contribution in [0.3, 0.4) is 0 Å². The number of nitrogens with one attached hydrogen (secondary N) is 1. The number of carbonyl (C=O) groups is 1. The molecule has 0 aromatic heterocycles. The molecule has 5 aliphatic rings. The third-order valence-electron chi connectivity index (χ3n) is 7.29. The molecule has 2 unspecified atom stereocenters. The fraction of sp³-hybridized carbons (Fsp3) is 0.667.